The van der Waals surface area contributed by atoms with Crippen molar-refractivity contribution in [1.82, 2.24) is 0 Å². The lowest BCUT2D eigenvalue weighted by atomic mass is 9.74. The third kappa shape index (κ3) is 2.79. The zero-order valence-electron chi connectivity index (χ0n) is 13.5. The predicted molar refractivity (Wildman–Crippen MR) is 91.2 cm³/mol. The van der Waals surface area contributed by atoms with Gasteiger partial charge in [-0.25, -0.2) is 0 Å². The number of rotatable bonds is 3. The zero-order valence-corrected chi connectivity index (χ0v) is 13.5. The minimum Gasteiger partial charge on any atom is -0.325 e. The summed E-state index contributed by atoms with van der Waals surface area (Å²) in [6.07, 6.45) is 0.950. The fourth-order valence-electron chi connectivity index (χ4n) is 3.55. The number of para-hydroxylation sites is 1. The summed E-state index contributed by atoms with van der Waals surface area (Å²) in [5.74, 6) is -0.229. The fraction of sp³-hybridized carbons (Fsp3) is 0.300. The van der Waals surface area contributed by atoms with Gasteiger partial charge in [0.15, 0.2) is 5.78 Å². The van der Waals surface area contributed by atoms with Crippen LogP contribution in [0.2, 0.25) is 0 Å². The van der Waals surface area contributed by atoms with Gasteiger partial charge in [-0.2, -0.15) is 0 Å². The molecule has 1 amide bonds. The van der Waals surface area contributed by atoms with E-state index >= 15 is 0 Å². The summed E-state index contributed by atoms with van der Waals surface area (Å²) in [6, 6.07) is 18.7. The Kier molecular flexibility index (Phi) is 3.80. The van der Waals surface area contributed by atoms with Crippen molar-refractivity contribution in [2.75, 3.05) is 5.32 Å². The summed E-state index contributed by atoms with van der Waals surface area (Å²) in [5, 5.41) is 2.93. The van der Waals surface area contributed by atoms with Crippen molar-refractivity contribution in [3.8, 4) is 0 Å². The monoisotopic (exact) mass is 307 g/mol. The van der Waals surface area contributed by atoms with Gasteiger partial charge >= 0.3 is 0 Å². The van der Waals surface area contributed by atoms with Crippen LogP contribution in [0.4, 0.5) is 5.69 Å². The van der Waals surface area contributed by atoms with Crippen LogP contribution in [0.1, 0.15) is 32.3 Å². The van der Waals surface area contributed by atoms with Crippen LogP contribution < -0.4 is 5.32 Å². The van der Waals surface area contributed by atoms with Crippen molar-refractivity contribution < 1.29 is 9.59 Å². The van der Waals surface area contributed by atoms with Crippen molar-refractivity contribution in [1.29, 1.82) is 0 Å². The Morgan fingerprint density at radius 2 is 1.52 bits per heavy atom. The first-order valence-corrected chi connectivity index (χ1v) is 7.89. The molecule has 23 heavy (non-hydrogen) atoms. The maximum atomic E-state index is 13.1. The molecule has 0 saturated heterocycles. The predicted octanol–water partition coefficient (Wildman–Crippen LogP) is 3.95. The number of ketones is 1. The van der Waals surface area contributed by atoms with E-state index in [-0.39, 0.29) is 17.1 Å². The van der Waals surface area contributed by atoms with Gasteiger partial charge in [0.2, 0.25) is 5.91 Å². The molecule has 0 heterocycles. The van der Waals surface area contributed by atoms with E-state index in [2.05, 4.69) is 5.32 Å². The van der Waals surface area contributed by atoms with Crippen LogP contribution in [0.25, 0.3) is 0 Å². The Morgan fingerprint density at radius 3 is 2.04 bits per heavy atom. The molecule has 1 aliphatic carbocycles. The summed E-state index contributed by atoms with van der Waals surface area (Å²) >= 11 is 0. The van der Waals surface area contributed by atoms with Crippen molar-refractivity contribution in [3.63, 3.8) is 0 Å². The molecule has 0 aromatic heterocycles. The number of anilines is 1. The standard InChI is InChI=1S/C20H21NO2/c1-19(2)13-17(22)20(14-19,15-9-5-3-6-10-15)18(23)21-16-11-7-4-8-12-16/h3-12H,13-14H2,1-2H3,(H,21,23). The number of nitrogens with one attached hydrogen (secondary N) is 1. The molecular formula is C20H21NO2. The smallest absolute Gasteiger partial charge is 0.242 e. The molecule has 1 N–H and O–H groups in total. The van der Waals surface area contributed by atoms with E-state index in [1.54, 1.807) is 0 Å². The van der Waals surface area contributed by atoms with Gasteiger partial charge in [-0.3, -0.25) is 9.59 Å². The molecule has 1 aliphatic rings. The van der Waals surface area contributed by atoms with E-state index in [1.807, 2.05) is 74.5 Å². The van der Waals surface area contributed by atoms with E-state index in [4.69, 9.17) is 0 Å². The van der Waals surface area contributed by atoms with Gasteiger partial charge in [0.1, 0.15) is 5.41 Å². The molecule has 0 spiro atoms. The van der Waals surface area contributed by atoms with Gasteiger partial charge in [-0.1, -0.05) is 62.4 Å². The fourth-order valence-corrected chi connectivity index (χ4v) is 3.55. The first-order valence-electron chi connectivity index (χ1n) is 7.89. The number of hydrogen-bond donors (Lipinski definition) is 1. The van der Waals surface area contributed by atoms with Crippen LogP contribution in [0.15, 0.2) is 60.7 Å². The molecule has 1 fully saturated rings. The summed E-state index contributed by atoms with van der Waals surface area (Å²) < 4.78 is 0. The topological polar surface area (TPSA) is 46.2 Å². The van der Waals surface area contributed by atoms with Gasteiger partial charge in [0.05, 0.1) is 0 Å². The van der Waals surface area contributed by atoms with Crippen LogP contribution in [0.5, 0.6) is 0 Å². The van der Waals surface area contributed by atoms with Crippen LogP contribution in [0.3, 0.4) is 0 Å². The lowest BCUT2D eigenvalue weighted by Crippen LogP contribution is -2.44. The Bertz CT molecular complexity index is 722. The minimum atomic E-state index is -1.10. The molecule has 2 aromatic carbocycles. The number of carbonyl (C=O) groups is 2. The van der Waals surface area contributed by atoms with E-state index in [1.165, 1.54) is 0 Å². The maximum Gasteiger partial charge on any atom is 0.242 e. The van der Waals surface area contributed by atoms with Crippen LogP contribution in [-0.4, -0.2) is 11.7 Å². The molecule has 1 atom stereocenters. The molecular weight excluding hydrogens is 286 g/mol. The van der Waals surface area contributed by atoms with Crippen molar-refractivity contribution in [3.05, 3.63) is 66.2 Å². The molecule has 3 rings (SSSR count). The minimum absolute atomic E-state index is 0.00197. The molecule has 3 nitrogen and oxygen atoms in total. The number of hydrogen-bond acceptors (Lipinski definition) is 2. The lowest BCUT2D eigenvalue weighted by Gasteiger charge is -2.28. The summed E-state index contributed by atoms with van der Waals surface area (Å²) in [5.41, 5.74) is 0.219. The average molecular weight is 307 g/mol. The Labute approximate surface area is 136 Å². The number of Topliss-reactive ketones (excluding diaryl/α,β-unsaturated/α-hetero) is 1. The maximum absolute atomic E-state index is 13.1. The summed E-state index contributed by atoms with van der Waals surface area (Å²) in [7, 11) is 0. The normalized spacial score (nSPS) is 22.8. The largest absolute Gasteiger partial charge is 0.325 e. The van der Waals surface area contributed by atoms with E-state index in [0.717, 1.165) is 5.56 Å². The second-order valence-electron chi connectivity index (χ2n) is 7.03. The van der Waals surface area contributed by atoms with Gasteiger partial charge < -0.3 is 5.32 Å². The van der Waals surface area contributed by atoms with Crippen LogP contribution in [0, 0.1) is 5.41 Å². The van der Waals surface area contributed by atoms with Crippen LogP contribution >= 0.6 is 0 Å². The first kappa shape index (κ1) is 15.5. The third-order valence-corrected chi connectivity index (χ3v) is 4.54. The zero-order chi connectivity index (χ0) is 16.5. The van der Waals surface area contributed by atoms with Crippen molar-refractivity contribution >= 4 is 17.4 Å². The number of carbonyl (C=O) groups excluding carboxylic acids is 2. The Balaban J connectivity index is 2.03. The van der Waals surface area contributed by atoms with Gasteiger partial charge in [-0.05, 0) is 29.5 Å². The molecule has 3 heteroatoms. The molecule has 1 saturated carbocycles. The van der Waals surface area contributed by atoms with Crippen molar-refractivity contribution in [2.24, 2.45) is 5.41 Å². The molecule has 2 aromatic rings. The summed E-state index contributed by atoms with van der Waals surface area (Å²) in [4.78, 5) is 26.0. The van der Waals surface area contributed by atoms with Crippen molar-refractivity contribution in [2.45, 2.75) is 32.1 Å². The highest BCUT2D eigenvalue weighted by Crippen LogP contribution is 2.48. The Hall–Kier alpha value is -2.42. The second-order valence-corrected chi connectivity index (χ2v) is 7.03. The molecule has 0 aliphatic heterocycles. The average Bonchev–Trinajstić information content (AvgIpc) is 2.79. The Morgan fingerprint density at radius 1 is 0.957 bits per heavy atom. The highest BCUT2D eigenvalue weighted by Gasteiger charge is 2.56. The van der Waals surface area contributed by atoms with E-state index in [9.17, 15) is 9.59 Å². The number of benzene rings is 2. The SMILES string of the molecule is CC1(C)CC(=O)C(C(=O)Nc2ccccc2)(c2ccccc2)C1. The van der Waals surface area contributed by atoms with Crippen LogP contribution in [-0.2, 0) is 15.0 Å². The molecule has 1 unspecified atom stereocenters. The molecule has 118 valence electrons. The van der Waals surface area contributed by atoms with Gasteiger partial charge in [-0.15, -0.1) is 0 Å². The second kappa shape index (κ2) is 5.65. The third-order valence-electron chi connectivity index (χ3n) is 4.54. The van der Waals surface area contributed by atoms with Gasteiger partial charge in [0, 0.05) is 12.1 Å². The first-order chi connectivity index (χ1) is 10.9. The van der Waals surface area contributed by atoms with E-state index < -0.39 is 5.41 Å². The molecule has 0 bridgehead atoms. The number of amides is 1. The highest BCUT2D eigenvalue weighted by atomic mass is 16.2. The lowest BCUT2D eigenvalue weighted by molar-refractivity contribution is -0.131. The molecule has 0 radical (unpaired) electrons. The van der Waals surface area contributed by atoms with E-state index in [0.29, 0.717) is 18.5 Å². The van der Waals surface area contributed by atoms with Gasteiger partial charge in [0.25, 0.3) is 0 Å². The highest BCUT2D eigenvalue weighted by molar-refractivity contribution is 6.17. The quantitative estimate of drug-likeness (QED) is 0.873. The summed E-state index contributed by atoms with van der Waals surface area (Å²) in [6.45, 7) is 4.09.